The summed E-state index contributed by atoms with van der Waals surface area (Å²) in [5, 5.41) is 13.8. The summed E-state index contributed by atoms with van der Waals surface area (Å²) in [4.78, 5) is 2.63. The molecule has 1 heterocycles. The summed E-state index contributed by atoms with van der Waals surface area (Å²) in [6.45, 7) is 6.37. The summed E-state index contributed by atoms with van der Waals surface area (Å²) in [5.74, 6) is 0.666. The first kappa shape index (κ1) is 15.7. The van der Waals surface area contributed by atoms with Crippen LogP contribution in [0.2, 0.25) is 0 Å². The first-order chi connectivity index (χ1) is 10.3. The van der Waals surface area contributed by atoms with Gasteiger partial charge in [0.1, 0.15) is 0 Å². The molecule has 2 aliphatic carbocycles. The van der Waals surface area contributed by atoms with E-state index >= 15 is 0 Å². The molecule has 3 fully saturated rings. The summed E-state index contributed by atoms with van der Waals surface area (Å²) in [6.07, 6.45) is 9.25. The van der Waals surface area contributed by atoms with Gasteiger partial charge in [-0.25, -0.2) is 0 Å². The minimum absolute atomic E-state index is 0.0741. The van der Waals surface area contributed by atoms with E-state index in [1.807, 2.05) is 0 Å². The van der Waals surface area contributed by atoms with Crippen molar-refractivity contribution in [1.29, 1.82) is 0 Å². The summed E-state index contributed by atoms with van der Waals surface area (Å²) in [6, 6.07) is 0.584. The molecule has 3 aliphatic rings. The van der Waals surface area contributed by atoms with Crippen LogP contribution in [-0.2, 0) is 4.74 Å². The third-order valence-electron chi connectivity index (χ3n) is 5.70. The number of hydrogen-bond acceptors (Lipinski definition) is 4. The second-order valence-electron chi connectivity index (χ2n) is 7.25. The highest BCUT2D eigenvalue weighted by molar-refractivity contribution is 5.04. The van der Waals surface area contributed by atoms with Crippen LogP contribution in [0.5, 0.6) is 0 Å². The van der Waals surface area contributed by atoms with E-state index < -0.39 is 0 Å². The standard InChI is InChI=1S/C17H32N2O2/c1-2-9-18-17(13-20,14-7-8-14)12-19-10-11-21-16-6-4-3-5-15(16)19/h14-16,18,20H,2-13H2,1H3. The van der Waals surface area contributed by atoms with Crippen molar-refractivity contribution in [3.63, 3.8) is 0 Å². The van der Waals surface area contributed by atoms with Gasteiger partial charge in [0.15, 0.2) is 0 Å². The molecule has 0 radical (unpaired) electrons. The second kappa shape index (κ2) is 6.95. The number of fused-ring (bicyclic) bond motifs is 1. The van der Waals surface area contributed by atoms with Gasteiger partial charge in [-0.1, -0.05) is 19.8 Å². The van der Waals surface area contributed by atoms with E-state index in [1.165, 1.54) is 38.5 Å². The predicted molar refractivity (Wildman–Crippen MR) is 84.4 cm³/mol. The zero-order chi connectivity index (χ0) is 14.7. The molecule has 0 aromatic carbocycles. The number of aliphatic hydroxyl groups is 1. The van der Waals surface area contributed by atoms with Crippen LogP contribution in [0.4, 0.5) is 0 Å². The zero-order valence-corrected chi connectivity index (χ0v) is 13.5. The largest absolute Gasteiger partial charge is 0.394 e. The molecule has 122 valence electrons. The van der Waals surface area contributed by atoms with Gasteiger partial charge in [0.05, 0.1) is 24.9 Å². The molecule has 1 aliphatic heterocycles. The lowest BCUT2D eigenvalue weighted by atomic mass is 9.87. The topological polar surface area (TPSA) is 44.7 Å². The fourth-order valence-electron chi connectivity index (χ4n) is 4.31. The van der Waals surface area contributed by atoms with E-state index in [1.54, 1.807) is 0 Å². The Morgan fingerprint density at radius 2 is 2.05 bits per heavy atom. The maximum atomic E-state index is 10.1. The zero-order valence-electron chi connectivity index (χ0n) is 13.5. The first-order valence-electron chi connectivity index (χ1n) is 9.00. The van der Waals surface area contributed by atoms with Crippen molar-refractivity contribution in [2.24, 2.45) is 5.92 Å². The molecule has 4 nitrogen and oxygen atoms in total. The van der Waals surface area contributed by atoms with Crippen LogP contribution < -0.4 is 5.32 Å². The number of aliphatic hydroxyl groups excluding tert-OH is 1. The van der Waals surface area contributed by atoms with Crippen LogP contribution in [0.1, 0.15) is 51.9 Å². The molecule has 0 aromatic rings. The first-order valence-corrected chi connectivity index (χ1v) is 9.00. The molecule has 3 rings (SSSR count). The Morgan fingerprint density at radius 3 is 2.76 bits per heavy atom. The number of hydrogen-bond donors (Lipinski definition) is 2. The molecule has 0 amide bonds. The Balaban J connectivity index is 1.68. The van der Waals surface area contributed by atoms with E-state index in [9.17, 15) is 5.11 Å². The minimum atomic E-state index is -0.0741. The third kappa shape index (κ3) is 3.44. The van der Waals surface area contributed by atoms with Crippen LogP contribution >= 0.6 is 0 Å². The molecule has 21 heavy (non-hydrogen) atoms. The number of nitrogens with zero attached hydrogens (tertiary/aromatic N) is 1. The van der Waals surface area contributed by atoms with Gasteiger partial charge < -0.3 is 15.2 Å². The van der Waals surface area contributed by atoms with Crippen molar-refractivity contribution in [3.05, 3.63) is 0 Å². The normalized spacial score (nSPS) is 33.4. The van der Waals surface area contributed by atoms with Crippen molar-refractivity contribution >= 4 is 0 Å². The number of ether oxygens (including phenoxy) is 1. The van der Waals surface area contributed by atoms with Crippen LogP contribution in [0, 0.1) is 5.92 Å². The molecular weight excluding hydrogens is 264 g/mol. The van der Waals surface area contributed by atoms with Gasteiger partial charge in [-0.15, -0.1) is 0 Å². The van der Waals surface area contributed by atoms with Crippen molar-refractivity contribution < 1.29 is 9.84 Å². The van der Waals surface area contributed by atoms with E-state index in [0.29, 0.717) is 18.1 Å². The smallest absolute Gasteiger partial charge is 0.0730 e. The van der Waals surface area contributed by atoms with E-state index in [-0.39, 0.29) is 12.1 Å². The number of rotatable bonds is 7. The molecule has 4 heteroatoms. The van der Waals surface area contributed by atoms with Gasteiger partial charge >= 0.3 is 0 Å². The lowest BCUT2D eigenvalue weighted by molar-refractivity contribution is -0.0989. The van der Waals surface area contributed by atoms with Gasteiger partial charge in [0, 0.05) is 19.1 Å². The van der Waals surface area contributed by atoms with Gasteiger partial charge in [-0.2, -0.15) is 0 Å². The molecule has 0 bridgehead atoms. The molecule has 1 saturated heterocycles. The number of nitrogens with one attached hydrogen (secondary N) is 1. The summed E-state index contributed by atoms with van der Waals surface area (Å²) < 4.78 is 5.99. The van der Waals surface area contributed by atoms with Crippen LogP contribution in [0.15, 0.2) is 0 Å². The molecule has 0 aromatic heterocycles. The van der Waals surface area contributed by atoms with Gasteiger partial charge in [-0.05, 0) is 44.6 Å². The van der Waals surface area contributed by atoms with Crippen LogP contribution in [0.3, 0.4) is 0 Å². The molecular formula is C17H32N2O2. The quantitative estimate of drug-likeness (QED) is 0.751. The van der Waals surface area contributed by atoms with E-state index in [4.69, 9.17) is 4.74 Å². The molecule has 2 N–H and O–H groups in total. The summed E-state index contributed by atoms with van der Waals surface area (Å²) in [7, 11) is 0. The average Bonchev–Trinajstić information content (AvgIpc) is 3.37. The Morgan fingerprint density at radius 1 is 1.24 bits per heavy atom. The fraction of sp³-hybridized carbons (Fsp3) is 1.00. The lowest BCUT2D eigenvalue weighted by Gasteiger charge is -2.48. The molecule has 0 spiro atoms. The Bertz CT molecular complexity index is 333. The third-order valence-corrected chi connectivity index (χ3v) is 5.70. The summed E-state index contributed by atoms with van der Waals surface area (Å²) >= 11 is 0. The monoisotopic (exact) mass is 296 g/mol. The van der Waals surface area contributed by atoms with Crippen LogP contribution in [0.25, 0.3) is 0 Å². The highest BCUT2D eigenvalue weighted by Gasteiger charge is 2.47. The SMILES string of the molecule is CCCNC(CO)(CN1CCOC2CCCCC21)C1CC1. The molecule has 3 atom stereocenters. The van der Waals surface area contributed by atoms with Gasteiger partial charge in [-0.3, -0.25) is 4.90 Å². The molecule has 3 unspecified atom stereocenters. The van der Waals surface area contributed by atoms with Crippen molar-refractivity contribution in [2.45, 2.75) is 69.6 Å². The summed E-state index contributed by atoms with van der Waals surface area (Å²) in [5.41, 5.74) is -0.0741. The molecule has 2 saturated carbocycles. The highest BCUT2D eigenvalue weighted by atomic mass is 16.5. The van der Waals surface area contributed by atoms with Gasteiger partial charge in [0.2, 0.25) is 0 Å². The second-order valence-corrected chi connectivity index (χ2v) is 7.25. The predicted octanol–water partition coefficient (Wildman–Crippen LogP) is 1.77. The average molecular weight is 296 g/mol. The Hall–Kier alpha value is -0.160. The fourth-order valence-corrected chi connectivity index (χ4v) is 4.31. The van der Waals surface area contributed by atoms with Gasteiger partial charge in [0.25, 0.3) is 0 Å². The maximum Gasteiger partial charge on any atom is 0.0730 e. The Labute approximate surface area is 129 Å². The number of morpholine rings is 1. The maximum absolute atomic E-state index is 10.1. The van der Waals surface area contributed by atoms with Crippen molar-refractivity contribution in [3.8, 4) is 0 Å². The highest BCUT2D eigenvalue weighted by Crippen LogP contribution is 2.41. The van der Waals surface area contributed by atoms with Crippen LogP contribution in [-0.4, -0.2) is 60.5 Å². The lowest BCUT2D eigenvalue weighted by Crippen LogP contribution is -2.63. The minimum Gasteiger partial charge on any atom is -0.394 e. The Kier molecular flexibility index (Phi) is 5.20. The van der Waals surface area contributed by atoms with Crippen molar-refractivity contribution in [2.75, 3.05) is 32.8 Å². The van der Waals surface area contributed by atoms with Crippen molar-refractivity contribution in [1.82, 2.24) is 10.2 Å². The van der Waals surface area contributed by atoms with E-state index in [0.717, 1.165) is 32.7 Å². The van der Waals surface area contributed by atoms with E-state index in [2.05, 4.69) is 17.1 Å².